The maximum Gasteiger partial charge on any atom is 0.230 e. The van der Waals surface area contributed by atoms with Gasteiger partial charge in [-0.25, -0.2) is 0 Å². The van der Waals surface area contributed by atoms with Crippen LogP contribution in [0.5, 0.6) is 0 Å². The monoisotopic (exact) mass is 204 g/mol. The SMILES string of the molecule is CC(C)(C)C(=O)Nc1ccc(C#N)nn1. The Morgan fingerprint density at radius 2 is 2.07 bits per heavy atom. The highest BCUT2D eigenvalue weighted by Gasteiger charge is 2.21. The highest BCUT2D eigenvalue weighted by molar-refractivity contribution is 5.93. The van der Waals surface area contributed by atoms with E-state index in [0.29, 0.717) is 5.82 Å². The molecule has 0 aromatic carbocycles. The molecule has 0 unspecified atom stereocenters. The zero-order valence-corrected chi connectivity index (χ0v) is 8.90. The van der Waals surface area contributed by atoms with E-state index in [0.717, 1.165) is 0 Å². The Kier molecular flexibility index (Phi) is 3.00. The molecule has 1 heterocycles. The Morgan fingerprint density at radius 3 is 2.47 bits per heavy atom. The lowest BCUT2D eigenvalue weighted by Gasteiger charge is -2.16. The molecule has 15 heavy (non-hydrogen) atoms. The minimum Gasteiger partial charge on any atom is -0.309 e. The third kappa shape index (κ3) is 3.02. The molecule has 0 bridgehead atoms. The number of amides is 1. The maximum absolute atomic E-state index is 11.5. The second kappa shape index (κ2) is 4.05. The van der Waals surface area contributed by atoms with E-state index in [2.05, 4.69) is 15.5 Å². The standard InChI is InChI=1S/C10H12N4O/c1-10(2,3)9(15)12-8-5-4-7(6-11)13-14-8/h4-5H,1-3H3,(H,12,14,15). The van der Waals surface area contributed by atoms with Crippen LogP contribution in [0.4, 0.5) is 5.82 Å². The van der Waals surface area contributed by atoms with Crippen LogP contribution < -0.4 is 5.32 Å². The summed E-state index contributed by atoms with van der Waals surface area (Å²) < 4.78 is 0. The predicted molar refractivity (Wildman–Crippen MR) is 54.8 cm³/mol. The Labute approximate surface area is 88.1 Å². The molecule has 0 aliphatic rings. The Bertz CT molecular complexity index is 397. The van der Waals surface area contributed by atoms with Crippen molar-refractivity contribution in [2.24, 2.45) is 5.41 Å². The van der Waals surface area contributed by atoms with Gasteiger partial charge >= 0.3 is 0 Å². The fourth-order valence-corrected chi connectivity index (χ4v) is 0.762. The van der Waals surface area contributed by atoms with Gasteiger partial charge in [0.05, 0.1) is 0 Å². The quantitative estimate of drug-likeness (QED) is 0.748. The average molecular weight is 204 g/mol. The predicted octanol–water partition coefficient (Wildman–Crippen LogP) is 1.33. The second-order valence-corrected chi connectivity index (χ2v) is 4.12. The smallest absolute Gasteiger partial charge is 0.230 e. The number of carbonyl (C=O) groups excluding carboxylic acids is 1. The summed E-state index contributed by atoms with van der Waals surface area (Å²) in [4.78, 5) is 11.5. The molecule has 0 aliphatic carbocycles. The Morgan fingerprint density at radius 1 is 1.40 bits per heavy atom. The van der Waals surface area contributed by atoms with Crippen molar-refractivity contribution in [2.45, 2.75) is 20.8 Å². The summed E-state index contributed by atoms with van der Waals surface area (Å²) in [6.07, 6.45) is 0. The van der Waals surface area contributed by atoms with E-state index in [1.54, 1.807) is 26.8 Å². The lowest BCUT2D eigenvalue weighted by atomic mass is 9.96. The normalized spacial score (nSPS) is 10.5. The largest absolute Gasteiger partial charge is 0.309 e. The van der Waals surface area contributed by atoms with E-state index in [1.807, 2.05) is 6.07 Å². The fourth-order valence-electron chi connectivity index (χ4n) is 0.762. The highest BCUT2D eigenvalue weighted by Crippen LogP contribution is 2.15. The minimum absolute atomic E-state index is 0.137. The molecular weight excluding hydrogens is 192 g/mol. The van der Waals surface area contributed by atoms with Gasteiger partial charge in [0.2, 0.25) is 5.91 Å². The zero-order valence-electron chi connectivity index (χ0n) is 8.90. The van der Waals surface area contributed by atoms with Crippen molar-refractivity contribution in [3.8, 4) is 6.07 Å². The number of nitrogens with zero attached hydrogens (tertiary/aromatic N) is 3. The lowest BCUT2D eigenvalue weighted by molar-refractivity contribution is -0.123. The van der Waals surface area contributed by atoms with Crippen molar-refractivity contribution in [3.63, 3.8) is 0 Å². The summed E-state index contributed by atoms with van der Waals surface area (Å²) in [6, 6.07) is 4.91. The van der Waals surface area contributed by atoms with Crippen molar-refractivity contribution < 1.29 is 4.79 Å². The van der Waals surface area contributed by atoms with Crippen LogP contribution in [0.3, 0.4) is 0 Å². The van der Waals surface area contributed by atoms with Crippen molar-refractivity contribution in [3.05, 3.63) is 17.8 Å². The van der Waals surface area contributed by atoms with Crippen LogP contribution in [0.15, 0.2) is 12.1 Å². The Balaban J connectivity index is 2.75. The van der Waals surface area contributed by atoms with Crippen LogP contribution in [0.25, 0.3) is 0 Å². The molecule has 0 saturated carbocycles. The van der Waals surface area contributed by atoms with Gasteiger partial charge in [0.1, 0.15) is 6.07 Å². The zero-order chi connectivity index (χ0) is 11.5. The Hall–Kier alpha value is -1.96. The first-order valence-electron chi connectivity index (χ1n) is 4.49. The molecule has 1 aromatic heterocycles. The van der Waals surface area contributed by atoms with Crippen molar-refractivity contribution in [2.75, 3.05) is 5.32 Å². The molecule has 1 amide bonds. The van der Waals surface area contributed by atoms with E-state index in [-0.39, 0.29) is 11.6 Å². The summed E-state index contributed by atoms with van der Waals surface area (Å²) in [7, 11) is 0. The summed E-state index contributed by atoms with van der Waals surface area (Å²) in [5.74, 6) is 0.218. The van der Waals surface area contributed by atoms with Crippen LogP contribution in [-0.4, -0.2) is 16.1 Å². The molecule has 0 spiro atoms. The number of hydrogen-bond acceptors (Lipinski definition) is 4. The first-order valence-corrected chi connectivity index (χ1v) is 4.49. The van der Waals surface area contributed by atoms with Crippen LogP contribution in [-0.2, 0) is 4.79 Å². The minimum atomic E-state index is -0.477. The molecular formula is C10H12N4O. The fraction of sp³-hybridized carbons (Fsp3) is 0.400. The summed E-state index contributed by atoms with van der Waals surface area (Å²) in [6.45, 7) is 5.41. The van der Waals surface area contributed by atoms with E-state index in [4.69, 9.17) is 5.26 Å². The van der Waals surface area contributed by atoms with Crippen LogP contribution in [0.1, 0.15) is 26.5 Å². The number of nitrogens with one attached hydrogen (secondary N) is 1. The van der Waals surface area contributed by atoms with Gasteiger partial charge in [-0.1, -0.05) is 20.8 Å². The van der Waals surface area contributed by atoms with E-state index in [9.17, 15) is 4.79 Å². The van der Waals surface area contributed by atoms with Gasteiger partial charge in [0.15, 0.2) is 11.5 Å². The van der Waals surface area contributed by atoms with Gasteiger partial charge in [-0.05, 0) is 12.1 Å². The number of aromatic nitrogens is 2. The number of hydrogen-bond donors (Lipinski definition) is 1. The number of carbonyl (C=O) groups is 1. The molecule has 1 aromatic rings. The molecule has 5 nitrogen and oxygen atoms in total. The van der Waals surface area contributed by atoms with Crippen molar-refractivity contribution in [1.82, 2.24) is 10.2 Å². The number of anilines is 1. The highest BCUT2D eigenvalue weighted by atomic mass is 16.2. The lowest BCUT2D eigenvalue weighted by Crippen LogP contribution is -2.28. The van der Waals surface area contributed by atoms with E-state index < -0.39 is 5.41 Å². The first-order chi connectivity index (χ1) is 6.93. The van der Waals surface area contributed by atoms with Gasteiger partial charge in [0, 0.05) is 5.41 Å². The first kappa shape index (κ1) is 11.1. The van der Waals surface area contributed by atoms with Crippen LogP contribution >= 0.6 is 0 Å². The van der Waals surface area contributed by atoms with Crippen LogP contribution in [0.2, 0.25) is 0 Å². The molecule has 1 N–H and O–H groups in total. The summed E-state index contributed by atoms with van der Waals surface area (Å²) in [5.41, 5.74) is -0.251. The topological polar surface area (TPSA) is 78.7 Å². The summed E-state index contributed by atoms with van der Waals surface area (Å²) >= 11 is 0. The van der Waals surface area contributed by atoms with Gasteiger partial charge < -0.3 is 5.32 Å². The molecule has 0 fully saturated rings. The molecule has 0 saturated heterocycles. The second-order valence-electron chi connectivity index (χ2n) is 4.12. The van der Waals surface area contributed by atoms with Gasteiger partial charge in [-0.15, -0.1) is 10.2 Å². The molecule has 5 heteroatoms. The third-order valence-corrected chi connectivity index (χ3v) is 1.70. The molecule has 0 aliphatic heterocycles. The number of nitriles is 1. The molecule has 0 radical (unpaired) electrons. The van der Waals surface area contributed by atoms with E-state index >= 15 is 0 Å². The van der Waals surface area contributed by atoms with Gasteiger partial charge in [0.25, 0.3) is 0 Å². The van der Waals surface area contributed by atoms with Crippen LogP contribution in [0, 0.1) is 16.7 Å². The third-order valence-electron chi connectivity index (χ3n) is 1.70. The maximum atomic E-state index is 11.5. The average Bonchev–Trinajstić information content (AvgIpc) is 2.17. The summed E-state index contributed by atoms with van der Waals surface area (Å²) in [5, 5.41) is 18.4. The van der Waals surface area contributed by atoms with E-state index in [1.165, 1.54) is 6.07 Å². The molecule has 1 rings (SSSR count). The van der Waals surface area contributed by atoms with Gasteiger partial charge in [-0.2, -0.15) is 5.26 Å². The molecule has 0 atom stereocenters. The van der Waals surface area contributed by atoms with Crippen molar-refractivity contribution >= 4 is 11.7 Å². The van der Waals surface area contributed by atoms with Crippen molar-refractivity contribution in [1.29, 1.82) is 5.26 Å². The molecule has 78 valence electrons. The van der Waals surface area contributed by atoms with Gasteiger partial charge in [-0.3, -0.25) is 4.79 Å². The number of rotatable bonds is 1.